The third kappa shape index (κ3) is 4.12. The van der Waals surface area contributed by atoms with Gasteiger partial charge < -0.3 is 14.6 Å². The Bertz CT molecular complexity index is 1010. The van der Waals surface area contributed by atoms with Gasteiger partial charge in [0.25, 0.3) is 5.91 Å². The highest BCUT2D eigenvalue weighted by atomic mass is 16.5. The van der Waals surface area contributed by atoms with Crippen LogP contribution in [0.4, 0.5) is 0 Å². The number of hydrogen-bond acceptors (Lipinski definition) is 6. The van der Waals surface area contributed by atoms with Gasteiger partial charge in [-0.3, -0.25) is 9.89 Å². The molecule has 8 heteroatoms. The van der Waals surface area contributed by atoms with Gasteiger partial charge in [-0.1, -0.05) is 0 Å². The molecule has 0 saturated carbocycles. The summed E-state index contributed by atoms with van der Waals surface area (Å²) in [6.45, 7) is 1.76. The van der Waals surface area contributed by atoms with E-state index >= 15 is 0 Å². The summed E-state index contributed by atoms with van der Waals surface area (Å²) >= 11 is 0. The maximum absolute atomic E-state index is 12.3. The summed E-state index contributed by atoms with van der Waals surface area (Å²) in [5.74, 6) is 0.931. The smallest absolute Gasteiger partial charge is 0.289 e. The summed E-state index contributed by atoms with van der Waals surface area (Å²) in [4.78, 5) is 12.3. The topological polar surface area (TPSA) is 109 Å². The van der Waals surface area contributed by atoms with E-state index in [-0.39, 0.29) is 11.4 Å². The molecule has 0 atom stereocenters. The van der Waals surface area contributed by atoms with Crippen molar-refractivity contribution < 1.29 is 19.4 Å². The highest BCUT2D eigenvalue weighted by Gasteiger charge is 2.13. The number of hydrazone groups is 1. The Kier molecular flexibility index (Phi) is 5.59. The van der Waals surface area contributed by atoms with Crippen LogP contribution in [0.5, 0.6) is 17.2 Å². The number of nitrogens with one attached hydrogen (secondary N) is 2. The largest absolute Gasteiger partial charge is 0.508 e. The van der Waals surface area contributed by atoms with Crippen LogP contribution in [0.15, 0.2) is 53.6 Å². The van der Waals surface area contributed by atoms with Gasteiger partial charge in [-0.2, -0.15) is 10.2 Å². The molecular formula is C20H20N4O4. The molecular weight excluding hydrogens is 360 g/mol. The fourth-order valence-electron chi connectivity index (χ4n) is 2.54. The van der Waals surface area contributed by atoms with Crippen molar-refractivity contribution >= 4 is 11.6 Å². The summed E-state index contributed by atoms with van der Waals surface area (Å²) in [7, 11) is 3.12. The van der Waals surface area contributed by atoms with Gasteiger partial charge in [0.1, 0.15) is 11.4 Å². The van der Waals surface area contributed by atoms with Crippen molar-refractivity contribution in [1.82, 2.24) is 15.6 Å². The Labute approximate surface area is 161 Å². The van der Waals surface area contributed by atoms with Gasteiger partial charge in [0, 0.05) is 5.56 Å². The predicted octanol–water partition coefficient (Wildman–Crippen LogP) is 2.95. The SMILES string of the molecule is COc1ccc(-c2cc(C(=O)NN=C(C)c3ccc(O)cc3)[nH]n2)cc1OC. The molecule has 144 valence electrons. The van der Waals surface area contributed by atoms with Gasteiger partial charge >= 0.3 is 0 Å². The molecule has 2 aromatic carbocycles. The van der Waals surface area contributed by atoms with Gasteiger partial charge in [0.15, 0.2) is 11.5 Å². The number of aromatic nitrogens is 2. The number of carbonyl (C=O) groups is 1. The van der Waals surface area contributed by atoms with Crippen molar-refractivity contribution in [2.75, 3.05) is 14.2 Å². The Balaban J connectivity index is 1.73. The monoisotopic (exact) mass is 380 g/mol. The standard InChI is InChI=1S/C20H20N4O4/c1-12(13-4-7-15(25)8-5-13)21-24-20(26)17-11-16(22-23-17)14-6-9-18(27-2)19(10-14)28-3/h4-11,25H,1-3H3,(H,22,23)(H,24,26). The number of rotatable bonds is 6. The highest BCUT2D eigenvalue weighted by molar-refractivity contribution is 6.00. The van der Waals surface area contributed by atoms with Crippen molar-refractivity contribution in [3.05, 3.63) is 59.8 Å². The molecule has 3 rings (SSSR count). The number of hydrogen-bond donors (Lipinski definition) is 3. The van der Waals surface area contributed by atoms with Crippen molar-refractivity contribution in [2.24, 2.45) is 5.10 Å². The van der Waals surface area contributed by atoms with E-state index in [0.717, 1.165) is 11.1 Å². The van der Waals surface area contributed by atoms with Crippen LogP contribution in [0.3, 0.4) is 0 Å². The first-order valence-corrected chi connectivity index (χ1v) is 8.43. The van der Waals surface area contributed by atoms with E-state index in [1.165, 1.54) is 0 Å². The number of amides is 1. The molecule has 3 aromatic rings. The van der Waals surface area contributed by atoms with E-state index in [9.17, 15) is 9.90 Å². The molecule has 0 unspecified atom stereocenters. The fourth-order valence-corrected chi connectivity index (χ4v) is 2.54. The van der Waals surface area contributed by atoms with Crippen LogP contribution < -0.4 is 14.9 Å². The number of aromatic amines is 1. The van der Waals surface area contributed by atoms with Crippen LogP contribution in [-0.4, -0.2) is 41.1 Å². The molecule has 1 aromatic heterocycles. The summed E-state index contributed by atoms with van der Waals surface area (Å²) in [6, 6.07) is 13.5. The fraction of sp³-hybridized carbons (Fsp3) is 0.150. The van der Waals surface area contributed by atoms with Gasteiger partial charge in [0.2, 0.25) is 0 Å². The van der Waals surface area contributed by atoms with E-state index in [1.807, 2.05) is 6.07 Å². The van der Waals surface area contributed by atoms with Crippen LogP contribution in [0.25, 0.3) is 11.3 Å². The third-order valence-electron chi connectivity index (χ3n) is 4.11. The molecule has 0 aliphatic rings. The zero-order valence-corrected chi connectivity index (χ0v) is 15.7. The average molecular weight is 380 g/mol. The van der Waals surface area contributed by atoms with Crippen LogP contribution in [0.2, 0.25) is 0 Å². The van der Waals surface area contributed by atoms with Gasteiger partial charge in [-0.15, -0.1) is 0 Å². The maximum Gasteiger partial charge on any atom is 0.289 e. The molecule has 8 nitrogen and oxygen atoms in total. The minimum atomic E-state index is -0.419. The first-order chi connectivity index (χ1) is 13.5. The van der Waals surface area contributed by atoms with Crippen molar-refractivity contribution in [1.29, 1.82) is 0 Å². The quantitative estimate of drug-likeness (QED) is 0.450. The number of nitrogens with zero attached hydrogens (tertiary/aromatic N) is 2. The predicted molar refractivity (Wildman–Crippen MR) is 105 cm³/mol. The van der Waals surface area contributed by atoms with E-state index in [1.54, 1.807) is 63.6 Å². The van der Waals surface area contributed by atoms with E-state index in [2.05, 4.69) is 20.7 Å². The lowest BCUT2D eigenvalue weighted by molar-refractivity contribution is 0.0950. The molecule has 0 spiro atoms. The molecule has 0 fully saturated rings. The van der Waals surface area contributed by atoms with Gasteiger partial charge in [-0.25, -0.2) is 5.43 Å². The Morgan fingerprint density at radius 2 is 1.79 bits per heavy atom. The second-order valence-electron chi connectivity index (χ2n) is 5.92. The minimum Gasteiger partial charge on any atom is -0.508 e. The van der Waals surface area contributed by atoms with Crippen LogP contribution in [0, 0.1) is 0 Å². The summed E-state index contributed by atoms with van der Waals surface area (Å²) in [5, 5.41) is 20.3. The molecule has 0 bridgehead atoms. The molecule has 1 amide bonds. The van der Waals surface area contributed by atoms with Gasteiger partial charge in [-0.05, 0) is 61.0 Å². The lowest BCUT2D eigenvalue weighted by Gasteiger charge is -2.08. The Morgan fingerprint density at radius 3 is 2.46 bits per heavy atom. The van der Waals surface area contributed by atoms with Gasteiger partial charge in [0.05, 0.1) is 25.6 Å². The number of phenols is 1. The number of H-pyrrole nitrogens is 1. The molecule has 1 heterocycles. The van der Waals surface area contributed by atoms with Crippen molar-refractivity contribution in [3.63, 3.8) is 0 Å². The zero-order chi connectivity index (χ0) is 20.1. The lowest BCUT2D eigenvalue weighted by atomic mass is 10.1. The normalized spacial score (nSPS) is 11.2. The molecule has 0 radical (unpaired) electrons. The summed E-state index contributed by atoms with van der Waals surface area (Å²) in [5.41, 5.74) is 5.51. The number of aromatic hydroxyl groups is 1. The maximum atomic E-state index is 12.3. The third-order valence-corrected chi connectivity index (χ3v) is 4.11. The van der Waals surface area contributed by atoms with Crippen LogP contribution in [-0.2, 0) is 0 Å². The van der Waals surface area contributed by atoms with E-state index in [4.69, 9.17) is 9.47 Å². The van der Waals surface area contributed by atoms with Crippen molar-refractivity contribution in [2.45, 2.75) is 6.92 Å². The molecule has 28 heavy (non-hydrogen) atoms. The first kappa shape index (κ1) is 19.0. The Hall–Kier alpha value is -3.81. The second kappa shape index (κ2) is 8.26. The molecule has 3 N–H and O–H groups in total. The number of methoxy groups -OCH3 is 2. The van der Waals surface area contributed by atoms with E-state index < -0.39 is 5.91 Å². The van der Waals surface area contributed by atoms with Crippen molar-refractivity contribution in [3.8, 4) is 28.5 Å². The molecule has 0 aliphatic heterocycles. The summed E-state index contributed by atoms with van der Waals surface area (Å²) in [6.07, 6.45) is 0. The number of ether oxygens (including phenoxy) is 2. The van der Waals surface area contributed by atoms with E-state index in [0.29, 0.717) is 22.9 Å². The Morgan fingerprint density at radius 1 is 1.07 bits per heavy atom. The second-order valence-corrected chi connectivity index (χ2v) is 5.92. The summed E-state index contributed by atoms with van der Waals surface area (Å²) < 4.78 is 10.5. The minimum absolute atomic E-state index is 0.167. The van der Waals surface area contributed by atoms with Crippen LogP contribution in [0.1, 0.15) is 23.0 Å². The number of benzene rings is 2. The average Bonchev–Trinajstić information content (AvgIpc) is 3.22. The molecule has 0 aliphatic carbocycles. The number of carbonyl (C=O) groups excluding carboxylic acids is 1. The highest BCUT2D eigenvalue weighted by Crippen LogP contribution is 2.31. The lowest BCUT2D eigenvalue weighted by Crippen LogP contribution is -2.19. The first-order valence-electron chi connectivity index (χ1n) is 8.43. The number of phenolic OH excluding ortho intramolecular Hbond substituents is 1. The molecule has 0 saturated heterocycles. The van der Waals surface area contributed by atoms with Crippen LogP contribution >= 0.6 is 0 Å². The zero-order valence-electron chi connectivity index (χ0n) is 15.7.